The van der Waals surface area contributed by atoms with E-state index >= 15 is 0 Å². The van der Waals surface area contributed by atoms with Crippen LogP contribution in [0.4, 0.5) is 10.6 Å². The molecule has 1 fully saturated rings. The molecular formula is C25H35N3O2. The molecule has 0 N–H and O–H groups in total. The minimum atomic E-state index is -0.552. The lowest BCUT2D eigenvalue weighted by Gasteiger charge is -2.38. The Bertz CT molecular complexity index is 830. The highest BCUT2D eigenvalue weighted by atomic mass is 16.6. The molecule has 162 valence electrons. The number of carbonyl (C=O) groups is 1. The summed E-state index contributed by atoms with van der Waals surface area (Å²) in [5.74, 6) is 0.715. The molecule has 2 heterocycles. The number of nitrogens with zero attached hydrogens (tertiary/aromatic N) is 3. The standard InChI is InChI=1S/C25H35N3O2/c1-19(2)28(24(29)30-25(3,4)5)23-21(14-11-16-26-23)22-15-9-10-17-27(22)18-20-12-7-6-8-13-20/h6-8,11-14,16,19,22H,9-10,15,17-18H2,1-5H3/t22-/m1/s1. The van der Waals surface area contributed by atoms with Gasteiger partial charge >= 0.3 is 6.09 Å². The van der Waals surface area contributed by atoms with Gasteiger partial charge in [0.05, 0.1) is 0 Å². The quantitative estimate of drug-likeness (QED) is 0.611. The van der Waals surface area contributed by atoms with Crippen LogP contribution in [0.5, 0.6) is 0 Å². The van der Waals surface area contributed by atoms with Gasteiger partial charge < -0.3 is 4.74 Å². The van der Waals surface area contributed by atoms with E-state index in [1.54, 1.807) is 11.1 Å². The van der Waals surface area contributed by atoms with Crippen LogP contribution in [0, 0.1) is 0 Å². The molecule has 1 amide bonds. The van der Waals surface area contributed by atoms with Crippen molar-refractivity contribution >= 4 is 11.9 Å². The molecule has 30 heavy (non-hydrogen) atoms. The van der Waals surface area contributed by atoms with Crippen LogP contribution in [0.15, 0.2) is 48.7 Å². The molecule has 1 atom stereocenters. The third-order valence-electron chi connectivity index (χ3n) is 5.35. The Morgan fingerprint density at radius 2 is 1.90 bits per heavy atom. The van der Waals surface area contributed by atoms with Gasteiger partial charge in [0.1, 0.15) is 11.4 Å². The van der Waals surface area contributed by atoms with Crippen LogP contribution in [-0.4, -0.2) is 34.2 Å². The predicted molar refractivity (Wildman–Crippen MR) is 122 cm³/mol. The average Bonchev–Trinajstić information content (AvgIpc) is 2.68. The summed E-state index contributed by atoms with van der Waals surface area (Å²) in [6.07, 6.45) is 4.86. The second-order valence-corrected chi connectivity index (χ2v) is 9.33. The SMILES string of the molecule is CC(C)N(C(=O)OC(C)(C)C)c1ncccc1[C@H]1CCCCN1Cc1ccccc1. The summed E-state index contributed by atoms with van der Waals surface area (Å²) in [6.45, 7) is 11.6. The van der Waals surface area contributed by atoms with Gasteiger partial charge in [-0.2, -0.15) is 0 Å². The second kappa shape index (κ2) is 9.61. The summed E-state index contributed by atoms with van der Waals surface area (Å²) in [5, 5.41) is 0. The van der Waals surface area contributed by atoms with Crippen LogP contribution in [0.2, 0.25) is 0 Å². The molecule has 0 spiro atoms. The maximum atomic E-state index is 13.1. The van der Waals surface area contributed by atoms with E-state index in [0.717, 1.165) is 25.1 Å². The van der Waals surface area contributed by atoms with Crippen LogP contribution in [-0.2, 0) is 11.3 Å². The number of hydrogen-bond donors (Lipinski definition) is 0. The number of pyridine rings is 1. The first-order valence-corrected chi connectivity index (χ1v) is 11.0. The average molecular weight is 410 g/mol. The molecule has 1 aliphatic rings. The van der Waals surface area contributed by atoms with Gasteiger partial charge in [-0.1, -0.05) is 42.8 Å². The first-order chi connectivity index (χ1) is 14.3. The number of benzene rings is 1. The Morgan fingerprint density at radius 3 is 2.57 bits per heavy atom. The first kappa shape index (κ1) is 22.3. The lowest BCUT2D eigenvalue weighted by atomic mass is 9.94. The van der Waals surface area contributed by atoms with Crippen LogP contribution in [0.1, 0.15) is 71.0 Å². The van der Waals surface area contributed by atoms with Crippen molar-refractivity contribution in [3.05, 3.63) is 59.8 Å². The van der Waals surface area contributed by atoms with E-state index in [1.165, 1.54) is 18.4 Å². The Labute approximate surface area is 181 Å². The van der Waals surface area contributed by atoms with Gasteiger partial charge in [-0.3, -0.25) is 9.80 Å². The van der Waals surface area contributed by atoms with Crippen molar-refractivity contribution in [3.8, 4) is 0 Å². The number of anilines is 1. The first-order valence-electron chi connectivity index (χ1n) is 11.0. The number of ether oxygens (including phenoxy) is 1. The Kier molecular flexibility index (Phi) is 7.14. The summed E-state index contributed by atoms with van der Waals surface area (Å²) in [4.78, 5) is 21.9. The fourth-order valence-corrected chi connectivity index (χ4v) is 4.07. The van der Waals surface area contributed by atoms with Crippen molar-refractivity contribution in [3.63, 3.8) is 0 Å². The maximum absolute atomic E-state index is 13.1. The molecule has 0 aliphatic carbocycles. The van der Waals surface area contributed by atoms with Gasteiger partial charge in [0.25, 0.3) is 0 Å². The molecule has 0 unspecified atom stereocenters. The number of amides is 1. The smallest absolute Gasteiger partial charge is 0.416 e. The molecular weight excluding hydrogens is 374 g/mol. The van der Waals surface area contributed by atoms with Crippen LogP contribution in [0.25, 0.3) is 0 Å². The molecule has 5 nitrogen and oxygen atoms in total. The molecule has 2 aromatic rings. The lowest BCUT2D eigenvalue weighted by Crippen LogP contribution is -2.43. The second-order valence-electron chi connectivity index (χ2n) is 9.33. The van der Waals surface area contributed by atoms with Crippen molar-refractivity contribution in [2.24, 2.45) is 0 Å². The zero-order valence-electron chi connectivity index (χ0n) is 19.0. The van der Waals surface area contributed by atoms with Crippen LogP contribution < -0.4 is 4.90 Å². The van der Waals surface area contributed by atoms with Crippen molar-refractivity contribution in [1.29, 1.82) is 0 Å². The zero-order chi connectivity index (χ0) is 21.7. The number of carbonyl (C=O) groups excluding carboxylic acids is 1. The number of likely N-dealkylation sites (tertiary alicyclic amines) is 1. The van der Waals surface area contributed by atoms with Gasteiger partial charge in [-0.15, -0.1) is 0 Å². The predicted octanol–water partition coefficient (Wildman–Crippen LogP) is 5.96. The van der Waals surface area contributed by atoms with Gasteiger partial charge in [-0.25, -0.2) is 9.78 Å². The van der Waals surface area contributed by atoms with Crippen molar-refractivity contribution in [1.82, 2.24) is 9.88 Å². The van der Waals surface area contributed by atoms with Gasteiger partial charge in [0.15, 0.2) is 0 Å². The Morgan fingerprint density at radius 1 is 1.17 bits per heavy atom. The summed E-state index contributed by atoms with van der Waals surface area (Å²) in [7, 11) is 0. The monoisotopic (exact) mass is 409 g/mol. The van der Waals surface area contributed by atoms with Crippen molar-refractivity contribution < 1.29 is 9.53 Å². The van der Waals surface area contributed by atoms with E-state index in [0.29, 0.717) is 5.82 Å². The molecule has 1 aromatic carbocycles. The third-order valence-corrected chi connectivity index (χ3v) is 5.35. The third kappa shape index (κ3) is 5.60. The summed E-state index contributed by atoms with van der Waals surface area (Å²) >= 11 is 0. The highest BCUT2D eigenvalue weighted by Gasteiger charge is 2.32. The Hall–Kier alpha value is -2.40. The van der Waals surface area contributed by atoms with E-state index in [-0.39, 0.29) is 18.2 Å². The van der Waals surface area contributed by atoms with E-state index in [1.807, 2.05) is 40.7 Å². The van der Waals surface area contributed by atoms with Gasteiger partial charge in [-0.05, 0) is 65.6 Å². The molecule has 1 aliphatic heterocycles. The van der Waals surface area contributed by atoms with Crippen molar-refractivity contribution in [2.45, 2.75) is 78.1 Å². The number of rotatable bonds is 5. The highest BCUT2D eigenvalue weighted by Crippen LogP contribution is 2.37. The normalized spacial score (nSPS) is 17.7. The lowest BCUT2D eigenvalue weighted by molar-refractivity contribution is 0.0567. The van der Waals surface area contributed by atoms with E-state index in [4.69, 9.17) is 4.74 Å². The molecule has 3 rings (SSSR count). The molecule has 1 saturated heterocycles. The number of piperidine rings is 1. The maximum Gasteiger partial charge on any atom is 0.416 e. The molecule has 0 radical (unpaired) electrons. The minimum Gasteiger partial charge on any atom is -0.443 e. The highest BCUT2D eigenvalue weighted by molar-refractivity contribution is 5.88. The number of hydrogen-bond acceptors (Lipinski definition) is 4. The van der Waals surface area contributed by atoms with Crippen molar-refractivity contribution in [2.75, 3.05) is 11.4 Å². The fourth-order valence-electron chi connectivity index (χ4n) is 4.07. The molecule has 1 aromatic heterocycles. The van der Waals surface area contributed by atoms with Gasteiger partial charge in [0, 0.05) is 30.4 Å². The van der Waals surface area contributed by atoms with E-state index in [9.17, 15) is 4.79 Å². The van der Waals surface area contributed by atoms with Crippen LogP contribution >= 0.6 is 0 Å². The number of aromatic nitrogens is 1. The summed E-state index contributed by atoms with van der Waals surface area (Å²) < 4.78 is 5.71. The summed E-state index contributed by atoms with van der Waals surface area (Å²) in [5.41, 5.74) is 1.86. The molecule has 0 bridgehead atoms. The largest absolute Gasteiger partial charge is 0.443 e. The minimum absolute atomic E-state index is 0.0559. The van der Waals surface area contributed by atoms with E-state index in [2.05, 4.69) is 46.3 Å². The topological polar surface area (TPSA) is 45.7 Å². The zero-order valence-corrected chi connectivity index (χ0v) is 19.0. The molecule has 0 saturated carbocycles. The van der Waals surface area contributed by atoms with Gasteiger partial charge in [0.2, 0.25) is 0 Å². The summed E-state index contributed by atoms with van der Waals surface area (Å²) in [6, 6.07) is 14.9. The fraction of sp³-hybridized carbons (Fsp3) is 0.520. The van der Waals surface area contributed by atoms with Crippen LogP contribution in [0.3, 0.4) is 0 Å². The van der Waals surface area contributed by atoms with E-state index < -0.39 is 5.60 Å². The molecule has 5 heteroatoms. The Balaban J connectivity index is 1.94.